The first-order valence-electron chi connectivity index (χ1n) is 6.23. The van der Waals surface area contributed by atoms with Crippen molar-refractivity contribution in [1.29, 1.82) is 0 Å². The van der Waals surface area contributed by atoms with E-state index < -0.39 is 6.61 Å². The zero-order valence-corrected chi connectivity index (χ0v) is 13.3. The number of nitrogens with one attached hydrogen (secondary N) is 1. The lowest BCUT2D eigenvalue weighted by molar-refractivity contribution is -0.0498. The summed E-state index contributed by atoms with van der Waals surface area (Å²) in [5.74, 6) is 0.161. The Balaban J connectivity index is 1.84. The molecule has 0 saturated heterocycles. The number of hydrogen-bond acceptors (Lipinski definition) is 2. The van der Waals surface area contributed by atoms with Crippen LogP contribution in [0.5, 0.6) is 5.75 Å². The minimum Gasteiger partial charge on any atom is -0.435 e. The molecule has 112 valence electrons. The molecule has 0 bridgehead atoms. The molecule has 0 fully saturated rings. The Morgan fingerprint density at radius 3 is 2.29 bits per heavy atom. The van der Waals surface area contributed by atoms with Gasteiger partial charge in [-0.25, -0.2) is 0 Å². The van der Waals surface area contributed by atoms with Gasteiger partial charge >= 0.3 is 6.61 Å². The van der Waals surface area contributed by atoms with Crippen molar-refractivity contribution in [3.05, 3.63) is 63.1 Å². The Morgan fingerprint density at radius 2 is 1.67 bits per heavy atom. The van der Waals surface area contributed by atoms with E-state index in [-0.39, 0.29) is 5.75 Å². The largest absolute Gasteiger partial charge is 0.435 e. The average Bonchev–Trinajstić information content (AvgIpc) is 2.44. The number of hydrogen-bond donors (Lipinski definition) is 1. The monoisotopic (exact) mass is 375 g/mol. The summed E-state index contributed by atoms with van der Waals surface area (Å²) in [5.41, 5.74) is 2.06. The smallest absolute Gasteiger partial charge is 0.387 e. The molecule has 21 heavy (non-hydrogen) atoms. The molecule has 0 amide bonds. The first kappa shape index (κ1) is 16.2. The van der Waals surface area contributed by atoms with Crippen molar-refractivity contribution in [2.45, 2.75) is 19.7 Å². The maximum atomic E-state index is 12.0. The fourth-order valence-corrected chi connectivity index (χ4v) is 2.24. The summed E-state index contributed by atoms with van der Waals surface area (Å²) < 4.78 is 29.2. The Morgan fingerprint density at radius 1 is 1.05 bits per heavy atom. The topological polar surface area (TPSA) is 21.3 Å². The van der Waals surface area contributed by atoms with Gasteiger partial charge in [0.1, 0.15) is 5.75 Å². The summed E-state index contributed by atoms with van der Waals surface area (Å²) in [6.45, 7) is -1.50. The van der Waals surface area contributed by atoms with Crippen molar-refractivity contribution in [3.8, 4) is 5.75 Å². The molecule has 0 unspecified atom stereocenters. The minimum atomic E-state index is -2.80. The van der Waals surface area contributed by atoms with Crippen LogP contribution >= 0.6 is 27.5 Å². The second-order valence-corrected chi connectivity index (χ2v) is 5.64. The van der Waals surface area contributed by atoms with Crippen LogP contribution in [0.1, 0.15) is 11.1 Å². The van der Waals surface area contributed by atoms with Crippen LogP contribution in [-0.2, 0) is 13.1 Å². The highest BCUT2D eigenvalue weighted by molar-refractivity contribution is 9.10. The zero-order chi connectivity index (χ0) is 15.2. The highest BCUT2D eigenvalue weighted by Crippen LogP contribution is 2.23. The van der Waals surface area contributed by atoms with Gasteiger partial charge in [-0.15, -0.1) is 0 Å². The molecule has 0 radical (unpaired) electrons. The van der Waals surface area contributed by atoms with Gasteiger partial charge in [-0.1, -0.05) is 29.8 Å². The van der Waals surface area contributed by atoms with Gasteiger partial charge in [0.2, 0.25) is 0 Å². The quantitative estimate of drug-likeness (QED) is 0.766. The standard InChI is InChI=1S/C15H13BrClF2NO/c16-13-6-3-11(7-14(13)17)9-20-8-10-1-4-12(5-2-10)21-15(18)19/h1-7,15,20H,8-9H2. The van der Waals surface area contributed by atoms with Crippen molar-refractivity contribution in [1.82, 2.24) is 5.32 Å². The van der Waals surface area contributed by atoms with E-state index >= 15 is 0 Å². The predicted molar refractivity (Wildman–Crippen MR) is 82.8 cm³/mol. The van der Waals surface area contributed by atoms with Gasteiger partial charge in [-0.05, 0) is 51.3 Å². The van der Waals surface area contributed by atoms with E-state index in [9.17, 15) is 8.78 Å². The van der Waals surface area contributed by atoms with Crippen LogP contribution in [0.15, 0.2) is 46.9 Å². The summed E-state index contributed by atoms with van der Waals surface area (Å²) in [6, 6.07) is 12.3. The lowest BCUT2D eigenvalue weighted by atomic mass is 10.2. The number of halogens is 4. The van der Waals surface area contributed by atoms with E-state index in [1.54, 1.807) is 12.1 Å². The van der Waals surface area contributed by atoms with Gasteiger partial charge < -0.3 is 10.1 Å². The summed E-state index contributed by atoms with van der Waals surface area (Å²) in [5, 5.41) is 3.93. The van der Waals surface area contributed by atoms with E-state index in [1.165, 1.54) is 12.1 Å². The van der Waals surface area contributed by atoms with Gasteiger partial charge in [0.25, 0.3) is 0 Å². The van der Waals surface area contributed by atoms with Crippen LogP contribution in [0.25, 0.3) is 0 Å². The highest BCUT2D eigenvalue weighted by Gasteiger charge is 2.04. The second kappa shape index (κ2) is 7.73. The maximum absolute atomic E-state index is 12.0. The summed E-state index contributed by atoms with van der Waals surface area (Å²) in [4.78, 5) is 0. The minimum absolute atomic E-state index is 0.161. The highest BCUT2D eigenvalue weighted by atomic mass is 79.9. The fourth-order valence-electron chi connectivity index (χ4n) is 1.79. The number of ether oxygens (including phenoxy) is 1. The predicted octanol–water partition coefficient (Wildman–Crippen LogP) is 4.99. The van der Waals surface area contributed by atoms with Crippen molar-refractivity contribution >= 4 is 27.5 Å². The summed E-state index contributed by atoms with van der Waals surface area (Å²) in [7, 11) is 0. The summed E-state index contributed by atoms with van der Waals surface area (Å²) in [6.07, 6.45) is 0. The van der Waals surface area contributed by atoms with E-state index in [4.69, 9.17) is 11.6 Å². The molecule has 0 aliphatic heterocycles. The van der Waals surface area contributed by atoms with Crippen LogP contribution in [0, 0.1) is 0 Å². The second-order valence-electron chi connectivity index (χ2n) is 4.37. The lowest BCUT2D eigenvalue weighted by Gasteiger charge is -2.08. The van der Waals surface area contributed by atoms with Gasteiger partial charge in [0.05, 0.1) is 5.02 Å². The van der Waals surface area contributed by atoms with E-state index in [0.717, 1.165) is 15.6 Å². The molecule has 6 heteroatoms. The molecule has 0 atom stereocenters. The SMILES string of the molecule is FC(F)Oc1ccc(CNCc2ccc(Br)c(Cl)c2)cc1. The van der Waals surface area contributed by atoms with Crippen molar-refractivity contribution < 1.29 is 13.5 Å². The molecule has 0 spiro atoms. The Labute approximate surface area is 135 Å². The first-order valence-corrected chi connectivity index (χ1v) is 7.40. The third kappa shape index (κ3) is 5.26. The molecule has 2 aromatic carbocycles. The van der Waals surface area contributed by atoms with Crippen LogP contribution in [0.3, 0.4) is 0 Å². The maximum Gasteiger partial charge on any atom is 0.387 e. The molecule has 0 saturated carbocycles. The number of alkyl halides is 2. The number of benzene rings is 2. The average molecular weight is 377 g/mol. The Bertz CT molecular complexity index is 593. The van der Waals surface area contributed by atoms with Crippen LogP contribution in [0.2, 0.25) is 5.02 Å². The van der Waals surface area contributed by atoms with Crippen molar-refractivity contribution in [2.75, 3.05) is 0 Å². The van der Waals surface area contributed by atoms with Crippen molar-refractivity contribution in [2.24, 2.45) is 0 Å². The van der Waals surface area contributed by atoms with Gasteiger partial charge in [0.15, 0.2) is 0 Å². The van der Waals surface area contributed by atoms with Crippen LogP contribution < -0.4 is 10.1 Å². The molecule has 2 rings (SSSR count). The third-order valence-electron chi connectivity index (χ3n) is 2.79. The van der Waals surface area contributed by atoms with E-state index in [0.29, 0.717) is 18.1 Å². The van der Waals surface area contributed by atoms with E-state index in [1.807, 2.05) is 18.2 Å². The number of rotatable bonds is 6. The zero-order valence-electron chi connectivity index (χ0n) is 11.0. The van der Waals surface area contributed by atoms with Gasteiger partial charge in [-0.3, -0.25) is 0 Å². The molecule has 2 aromatic rings. The first-order chi connectivity index (χ1) is 10.0. The normalized spacial score (nSPS) is 10.9. The lowest BCUT2D eigenvalue weighted by Crippen LogP contribution is -2.12. The molecule has 2 nitrogen and oxygen atoms in total. The molecular weight excluding hydrogens is 364 g/mol. The van der Waals surface area contributed by atoms with Crippen LogP contribution in [-0.4, -0.2) is 6.61 Å². The summed E-state index contributed by atoms with van der Waals surface area (Å²) >= 11 is 9.36. The Hall–Kier alpha value is -1.17. The van der Waals surface area contributed by atoms with Gasteiger partial charge in [0, 0.05) is 17.6 Å². The molecule has 1 N–H and O–H groups in total. The molecule has 0 aromatic heterocycles. The molecule has 0 aliphatic rings. The molecule has 0 aliphatic carbocycles. The van der Waals surface area contributed by atoms with Crippen LogP contribution in [0.4, 0.5) is 8.78 Å². The molecule has 0 heterocycles. The van der Waals surface area contributed by atoms with E-state index in [2.05, 4.69) is 26.0 Å². The van der Waals surface area contributed by atoms with Gasteiger partial charge in [-0.2, -0.15) is 8.78 Å². The molecular formula is C15H13BrClF2NO. The third-order valence-corrected chi connectivity index (χ3v) is 4.02. The van der Waals surface area contributed by atoms with Crippen molar-refractivity contribution in [3.63, 3.8) is 0 Å². The fraction of sp³-hybridized carbons (Fsp3) is 0.200. The Kier molecular flexibility index (Phi) is 5.96.